The Bertz CT molecular complexity index is 577. The lowest BCUT2D eigenvalue weighted by Crippen LogP contribution is -2.52. The summed E-state index contributed by atoms with van der Waals surface area (Å²) in [5, 5.41) is 0. The molecule has 1 saturated carbocycles. The van der Waals surface area contributed by atoms with Gasteiger partial charge < -0.3 is 13.7 Å². The highest BCUT2D eigenvalue weighted by Gasteiger charge is 2.63. The molecule has 0 unspecified atom stereocenters. The van der Waals surface area contributed by atoms with E-state index >= 15 is 0 Å². The minimum absolute atomic E-state index is 0.175. The van der Waals surface area contributed by atoms with Gasteiger partial charge in [-0.2, -0.15) is 21.6 Å². The summed E-state index contributed by atoms with van der Waals surface area (Å²) in [6, 6.07) is 0. The summed E-state index contributed by atoms with van der Waals surface area (Å²) in [5.74, 6) is -1.24. The first kappa shape index (κ1) is 16.1. The predicted octanol–water partition coefficient (Wildman–Crippen LogP) is 2.83. The molecule has 22 heavy (non-hydrogen) atoms. The molecule has 0 aromatic carbocycles. The molecule has 2 aliphatic carbocycles. The molecule has 5 nitrogen and oxygen atoms in total. The van der Waals surface area contributed by atoms with E-state index in [9.17, 15) is 21.6 Å². The van der Waals surface area contributed by atoms with Gasteiger partial charge in [0.1, 0.15) is 5.76 Å². The number of fused-ring (bicyclic) bond motifs is 1. The van der Waals surface area contributed by atoms with Gasteiger partial charge in [0.2, 0.25) is 0 Å². The van der Waals surface area contributed by atoms with Crippen LogP contribution >= 0.6 is 0 Å². The predicted molar refractivity (Wildman–Crippen MR) is 68.9 cm³/mol. The molecule has 0 aromatic heterocycles. The van der Waals surface area contributed by atoms with Crippen LogP contribution in [-0.4, -0.2) is 32.9 Å². The van der Waals surface area contributed by atoms with Crippen molar-refractivity contribution in [3.63, 3.8) is 0 Å². The topological polar surface area (TPSA) is 61.8 Å². The number of ether oxygens (including phenoxy) is 2. The molecule has 0 aromatic rings. The minimum Gasteiger partial charge on any atom is -0.380 e. The zero-order valence-corrected chi connectivity index (χ0v) is 12.6. The van der Waals surface area contributed by atoms with Crippen molar-refractivity contribution in [1.82, 2.24) is 0 Å². The lowest BCUT2D eigenvalue weighted by atomic mass is 9.67. The van der Waals surface area contributed by atoms with Gasteiger partial charge in [-0.15, -0.1) is 0 Å². The van der Waals surface area contributed by atoms with E-state index in [2.05, 4.69) is 4.18 Å². The zero-order chi connectivity index (χ0) is 16.1. The number of rotatable bonds is 2. The molecule has 3 aliphatic rings. The van der Waals surface area contributed by atoms with Gasteiger partial charge in [0, 0.05) is 6.42 Å². The van der Waals surface area contributed by atoms with Crippen LogP contribution in [0.5, 0.6) is 0 Å². The Kier molecular flexibility index (Phi) is 3.73. The normalized spacial score (nSPS) is 31.7. The largest absolute Gasteiger partial charge is 0.534 e. The van der Waals surface area contributed by atoms with Gasteiger partial charge in [0.15, 0.2) is 5.79 Å². The Morgan fingerprint density at radius 3 is 2.36 bits per heavy atom. The second kappa shape index (κ2) is 5.10. The van der Waals surface area contributed by atoms with Crippen molar-refractivity contribution in [2.75, 3.05) is 13.2 Å². The van der Waals surface area contributed by atoms with Crippen LogP contribution < -0.4 is 0 Å². The molecular weight excluding hydrogens is 325 g/mol. The molecule has 0 amide bonds. The van der Waals surface area contributed by atoms with Gasteiger partial charge in [-0.1, -0.05) is 6.42 Å². The third-order valence-corrected chi connectivity index (χ3v) is 5.66. The molecule has 3 rings (SSSR count). The fourth-order valence-electron chi connectivity index (χ4n) is 3.76. The quantitative estimate of drug-likeness (QED) is 0.570. The maximum atomic E-state index is 12.6. The molecule has 1 atom stereocenters. The number of hydrogen-bond acceptors (Lipinski definition) is 5. The number of halogens is 3. The second-order valence-electron chi connectivity index (χ2n) is 5.83. The molecular formula is C13H17F3O5S. The maximum Gasteiger partial charge on any atom is 0.534 e. The SMILES string of the molecule is O=S(=O)(OC1=CCC[C@]12CCCCC21OCCO1)C(F)(F)F. The van der Waals surface area contributed by atoms with Crippen molar-refractivity contribution in [3.05, 3.63) is 11.8 Å². The fraction of sp³-hybridized carbons (Fsp3) is 0.846. The lowest BCUT2D eigenvalue weighted by Gasteiger charge is -2.48. The third-order valence-electron chi connectivity index (χ3n) is 4.70. The van der Waals surface area contributed by atoms with Crippen LogP contribution in [-0.2, 0) is 23.8 Å². The number of allylic oxidation sites excluding steroid dienone is 1. The first-order valence-corrected chi connectivity index (χ1v) is 8.63. The molecule has 2 fully saturated rings. The van der Waals surface area contributed by atoms with Crippen molar-refractivity contribution in [2.24, 2.45) is 5.41 Å². The maximum absolute atomic E-state index is 12.6. The van der Waals surface area contributed by atoms with E-state index in [0.29, 0.717) is 38.9 Å². The Morgan fingerprint density at radius 1 is 1.09 bits per heavy atom. The van der Waals surface area contributed by atoms with Crippen molar-refractivity contribution in [1.29, 1.82) is 0 Å². The van der Waals surface area contributed by atoms with Gasteiger partial charge >= 0.3 is 15.6 Å². The molecule has 0 N–H and O–H groups in total. The average Bonchev–Trinajstić information content (AvgIpc) is 3.01. The highest BCUT2D eigenvalue weighted by Crippen LogP contribution is 2.59. The molecule has 9 heteroatoms. The van der Waals surface area contributed by atoms with Gasteiger partial charge in [-0.05, 0) is 31.8 Å². The smallest absolute Gasteiger partial charge is 0.380 e. The summed E-state index contributed by atoms with van der Waals surface area (Å²) in [5.41, 5.74) is -6.39. The fourth-order valence-corrected chi connectivity index (χ4v) is 4.32. The summed E-state index contributed by atoms with van der Waals surface area (Å²) < 4.78 is 76.5. The molecule has 1 heterocycles. The van der Waals surface area contributed by atoms with E-state index in [4.69, 9.17) is 9.47 Å². The van der Waals surface area contributed by atoms with Crippen molar-refractivity contribution in [3.8, 4) is 0 Å². The van der Waals surface area contributed by atoms with Crippen molar-refractivity contribution < 1.29 is 35.2 Å². The standard InChI is InChI=1S/C13H17F3O5S/c14-13(15,16)22(17,18)21-10-4-3-6-11(10)5-1-2-7-12(11)19-8-9-20-12/h4H,1-3,5-9H2/t11-/m1/s1. The highest BCUT2D eigenvalue weighted by molar-refractivity contribution is 7.87. The van der Waals surface area contributed by atoms with Crippen LogP contribution in [0.25, 0.3) is 0 Å². The van der Waals surface area contributed by atoms with Crippen LogP contribution in [0.4, 0.5) is 13.2 Å². The molecule has 0 radical (unpaired) electrons. The average molecular weight is 342 g/mol. The minimum atomic E-state index is -5.68. The summed E-state index contributed by atoms with van der Waals surface area (Å²) >= 11 is 0. The van der Waals surface area contributed by atoms with Gasteiger partial charge in [-0.3, -0.25) is 0 Å². The zero-order valence-electron chi connectivity index (χ0n) is 11.8. The summed E-state index contributed by atoms with van der Waals surface area (Å²) in [6.45, 7) is 0.697. The van der Waals surface area contributed by atoms with E-state index in [0.717, 1.165) is 12.8 Å². The first-order valence-electron chi connectivity index (χ1n) is 7.22. The monoisotopic (exact) mass is 342 g/mol. The van der Waals surface area contributed by atoms with Gasteiger partial charge in [0.25, 0.3) is 0 Å². The van der Waals surface area contributed by atoms with Crippen LogP contribution in [0.1, 0.15) is 38.5 Å². The third kappa shape index (κ3) is 2.25. The molecule has 126 valence electrons. The van der Waals surface area contributed by atoms with Gasteiger partial charge in [0.05, 0.1) is 18.6 Å². The van der Waals surface area contributed by atoms with Crippen LogP contribution in [0.15, 0.2) is 11.8 Å². The molecule has 1 saturated heterocycles. The Morgan fingerprint density at radius 2 is 1.73 bits per heavy atom. The van der Waals surface area contributed by atoms with E-state index in [1.807, 2.05) is 0 Å². The second-order valence-corrected chi connectivity index (χ2v) is 7.37. The van der Waals surface area contributed by atoms with Crippen molar-refractivity contribution in [2.45, 2.75) is 49.8 Å². The van der Waals surface area contributed by atoms with Crippen molar-refractivity contribution >= 4 is 10.1 Å². The van der Waals surface area contributed by atoms with E-state index in [1.165, 1.54) is 6.08 Å². The van der Waals surface area contributed by atoms with E-state index < -0.39 is 26.8 Å². The summed E-state index contributed by atoms with van der Waals surface area (Å²) in [6.07, 6.45) is 4.93. The summed E-state index contributed by atoms with van der Waals surface area (Å²) in [4.78, 5) is 0. The van der Waals surface area contributed by atoms with E-state index in [-0.39, 0.29) is 5.76 Å². The van der Waals surface area contributed by atoms with Crippen LogP contribution in [0.3, 0.4) is 0 Å². The first-order chi connectivity index (χ1) is 10.2. The number of alkyl halides is 3. The molecule has 2 spiro atoms. The Labute approximate surface area is 126 Å². The van der Waals surface area contributed by atoms with Crippen LogP contribution in [0, 0.1) is 5.41 Å². The van der Waals surface area contributed by atoms with E-state index in [1.54, 1.807) is 0 Å². The Hall–Kier alpha value is -0.800. The summed E-state index contributed by atoms with van der Waals surface area (Å²) in [7, 11) is -5.68. The van der Waals surface area contributed by atoms with Crippen LogP contribution in [0.2, 0.25) is 0 Å². The van der Waals surface area contributed by atoms with Gasteiger partial charge in [-0.25, -0.2) is 0 Å². The lowest BCUT2D eigenvalue weighted by molar-refractivity contribution is -0.249. The number of hydrogen-bond donors (Lipinski definition) is 0. The molecule has 1 aliphatic heterocycles. The molecule has 0 bridgehead atoms. The Balaban J connectivity index is 1.95. The highest BCUT2D eigenvalue weighted by atomic mass is 32.2.